The van der Waals surface area contributed by atoms with Gasteiger partial charge in [0.05, 0.1) is 0 Å². The van der Waals surface area contributed by atoms with Gasteiger partial charge in [0.1, 0.15) is 0 Å². The van der Waals surface area contributed by atoms with E-state index >= 15 is 0 Å². The van der Waals surface area contributed by atoms with Crippen LogP contribution in [0.2, 0.25) is 0 Å². The van der Waals surface area contributed by atoms with Gasteiger partial charge in [0.2, 0.25) is 0 Å². The molecule has 0 spiro atoms. The molecule has 3 atom stereocenters. The first-order valence-corrected chi connectivity index (χ1v) is 8.01. The highest BCUT2D eigenvalue weighted by atomic mass is 19.4. The van der Waals surface area contributed by atoms with Gasteiger partial charge in [-0.25, -0.2) is 0 Å². The first-order valence-electron chi connectivity index (χ1n) is 8.01. The van der Waals surface area contributed by atoms with Gasteiger partial charge in [-0.1, -0.05) is 26.2 Å². The van der Waals surface area contributed by atoms with Gasteiger partial charge in [-0.15, -0.1) is 12.1 Å². The molecule has 0 aromatic rings. The molecule has 0 unspecified atom stereocenters. The molecule has 0 bridgehead atoms. The molecular weight excluding hydrogens is 262 g/mol. The molecule has 1 heterocycles. The molecule has 2 fully saturated rings. The van der Waals surface area contributed by atoms with Gasteiger partial charge in [-0.3, -0.25) is 0 Å². The van der Waals surface area contributed by atoms with Gasteiger partial charge in [-0.05, 0) is 50.0 Å². The fourth-order valence-electron chi connectivity index (χ4n) is 4.02. The first kappa shape index (κ1) is 15.9. The van der Waals surface area contributed by atoms with Crippen molar-refractivity contribution in [2.24, 2.45) is 17.8 Å². The predicted octanol–water partition coefficient (Wildman–Crippen LogP) is 4.51. The highest BCUT2D eigenvalue weighted by Gasteiger charge is 2.40. The minimum absolute atomic E-state index is 0.0298. The van der Waals surface area contributed by atoms with Crippen LogP contribution >= 0.6 is 0 Å². The zero-order chi connectivity index (χ0) is 14.8. The fraction of sp³-hybridized carbons (Fsp3) is 0.867. The van der Waals surface area contributed by atoms with Crippen LogP contribution in [0.15, 0.2) is 12.1 Å². The van der Waals surface area contributed by atoms with E-state index in [1.54, 1.807) is 0 Å². The molecular formula is C15H26BF3N-. The lowest BCUT2D eigenvalue weighted by molar-refractivity contribution is 0.183. The van der Waals surface area contributed by atoms with Crippen LogP contribution < -0.4 is 5.32 Å². The van der Waals surface area contributed by atoms with Crippen molar-refractivity contribution in [2.45, 2.75) is 57.9 Å². The Morgan fingerprint density at radius 2 is 1.80 bits per heavy atom. The van der Waals surface area contributed by atoms with Gasteiger partial charge in [-0.2, -0.15) is 0 Å². The summed E-state index contributed by atoms with van der Waals surface area (Å²) in [7, 11) is 0. The Kier molecular flexibility index (Phi) is 5.22. The van der Waals surface area contributed by atoms with Crippen molar-refractivity contribution >= 4 is 6.98 Å². The van der Waals surface area contributed by atoms with Crippen LogP contribution in [-0.4, -0.2) is 19.6 Å². The number of hydrogen-bond acceptors (Lipinski definition) is 1. The van der Waals surface area contributed by atoms with Gasteiger partial charge in [0, 0.05) is 6.04 Å². The van der Waals surface area contributed by atoms with Crippen LogP contribution in [0.3, 0.4) is 0 Å². The van der Waals surface area contributed by atoms with E-state index < -0.39 is 18.4 Å². The van der Waals surface area contributed by atoms with E-state index in [0.717, 1.165) is 45.1 Å². The molecule has 1 aliphatic heterocycles. The second kappa shape index (κ2) is 6.55. The molecule has 0 aromatic carbocycles. The Morgan fingerprint density at radius 1 is 1.15 bits per heavy atom. The molecule has 2 rings (SSSR count). The van der Waals surface area contributed by atoms with E-state index in [2.05, 4.69) is 18.8 Å². The number of halogens is 3. The number of piperidine rings is 1. The maximum Gasteiger partial charge on any atom is 0.505 e. The van der Waals surface area contributed by atoms with E-state index in [1.165, 1.54) is 6.42 Å². The molecule has 20 heavy (non-hydrogen) atoms. The summed E-state index contributed by atoms with van der Waals surface area (Å²) >= 11 is 0. The molecule has 1 aliphatic carbocycles. The van der Waals surface area contributed by atoms with Crippen molar-refractivity contribution in [3.8, 4) is 0 Å². The summed E-state index contributed by atoms with van der Waals surface area (Å²) in [6, 6.07) is -0.0298. The summed E-state index contributed by atoms with van der Waals surface area (Å²) in [6.45, 7) is 1.52. The van der Waals surface area contributed by atoms with E-state index in [1.807, 2.05) is 0 Å². The lowest BCUT2D eigenvalue weighted by Gasteiger charge is -2.43. The maximum atomic E-state index is 13.2. The molecule has 1 saturated heterocycles. The van der Waals surface area contributed by atoms with Crippen molar-refractivity contribution in [1.82, 2.24) is 5.32 Å². The highest BCUT2D eigenvalue weighted by molar-refractivity contribution is 6.66. The summed E-state index contributed by atoms with van der Waals surface area (Å²) in [5.41, 5.74) is -0.441. The van der Waals surface area contributed by atoms with Crippen molar-refractivity contribution in [1.29, 1.82) is 0 Å². The topological polar surface area (TPSA) is 12.0 Å². The molecule has 1 saturated carbocycles. The molecule has 5 heteroatoms. The molecule has 1 N–H and O–H groups in total. The zero-order valence-electron chi connectivity index (χ0n) is 12.4. The second-order valence-corrected chi connectivity index (χ2v) is 6.76. The summed E-state index contributed by atoms with van der Waals surface area (Å²) in [6.07, 6.45) is 7.10. The van der Waals surface area contributed by atoms with Crippen molar-refractivity contribution in [3.63, 3.8) is 0 Å². The molecule has 2 aliphatic rings. The first-order chi connectivity index (χ1) is 9.39. The van der Waals surface area contributed by atoms with Crippen LogP contribution in [0.25, 0.3) is 0 Å². The smallest absolute Gasteiger partial charge is 0.445 e. The maximum absolute atomic E-state index is 13.2. The van der Waals surface area contributed by atoms with E-state index in [4.69, 9.17) is 0 Å². The standard InChI is InChI=1S/C15H26BF3N/c1-11-8-9-20-14(10-11)15(12(2)16(17,18)19)13-6-4-3-5-7-13/h11,13-15,20H,2-10H2,1H3/q-1/t11-,14-,15-/m0/s1. The van der Waals surface area contributed by atoms with E-state index in [9.17, 15) is 12.9 Å². The lowest BCUT2D eigenvalue weighted by Crippen LogP contribution is -2.48. The van der Waals surface area contributed by atoms with E-state index in [0.29, 0.717) is 5.92 Å². The van der Waals surface area contributed by atoms with Crippen LogP contribution in [-0.2, 0) is 0 Å². The van der Waals surface area contributed by atoms with Crippen LogP contribution in [0.5, 0.6) is 0 Å². The highest BCUT2D eigenvalue weighted by Crippen LogP contribution is 2.41. The number of rotatable bonds is 4. The van der Waals surface area contributed by atoms with Crippen LogP contribution in [0.4, 0.5) is 12.9 Å². The summed E-state index contributed by atoms with van der Waals surface area (Å²) in [5, 5.41) is 3.35. The quantitative estimate of drug-likeness (QED) is 0.750. The SMILES string of the molecule is C=C([C@@H](C1CCCCC1)[C@@H]1C[C@@H](C)CCN1)[B-](F)(F)F. The zero-order valence-corrected chi connectivity index (χ0v) is 12.4. The van der Waals surface area contributed by atoms with Gasteiger partial charge < -0.3 is 18.3 Å². The molecule has 0 radical (unpaired) electrons. The molecule has 0 aromatic heterocycles. The Balaban J connectivity index is 2.16. The third-order valence-electron chi connectivity index (χ3n) is 5.14. The third-order valence-corrected chi connectivity index (χ3v) is 5.14. The van der Waals surface area contributed by atoms with Crippen LogP contribution in [0, 0.1) is 17.8 Å². The Labute approximate surface area is 120 Å². The lowest BCUT2D eigenvalue weighted by atomic mass is 9.61. The predicted molar refractivity (Wildman–Crippen MR) is 78.5 cm³/mol. The third kappa shape index (κ3) is 3.81. The Hall–Kier alpha value is -0.445. The minimum Gasteiger partial charge on any atom is -0.445 e. The van der Waals surface area contributed by atoms with Crippen molar-refractivity contribution in [3.05, 3.63) is 12.1 Å². The number of hydrogen-bond donors (Lipinski definition) is 1. The largest absolute Gasteiger partial charge is 0.505 e. The molecule has 116 valence electrons. The van der Waals surface area contributed by atoms with E-state index in [-0.39, 0.29) is 12.0 Å². The minimum atomic E-state index is -4.93. The summed E-state index contributed by atoms with van der Waals surface area (Å²) < 4.78 is 39.7. The van der Waals surface area contributed by atoms with Gasteiger partial charge in [0.15, 0.2) is 0 Å². The summed E-state index contributed by atoms with van der Waals surface area (Å²) in [5.74, 6) is 0.279. The van der Waals surface area contributed by atoms with Gasteiger partial charge >= 0.3 is 6.98 Å². The van der Waals surface area contributed by atoms with Gasteiger partial charge in [0.25, 0.3) is 0 Å². The monoisotopic (exact) mass is 288 g/mol. The van der Waals surface area contributed by atoms with Crippen molar-refractivity contribution < 1.29 is 12.9 Å². The molecule has 1 nitrogen and oxygen atoms in total. The van der Waals surface area contributed by atoms with Crippen LogP contribution in [0.1, 0.15) is 51.9 Å². The average Bonchev–Trinajstić information content (AvgIpc) is 2.39. The Bertz CT molecular complexity index is 337. The average molecular weight is 288 g/mol. The Morgan fingerprint density at radius 3 is 2.35 bits per heavy atom. The fourth-order valence-corrected chi connectivity index (χ4v) is 4.02. The number of nitrogens with one attached hydrogen (secondary N) is 1. The summed E-state index contributed by atoms with van der Waals surface area (Å²) in [4.78, 5) is 0. The second-order valence-electron chi connectivity index (χ2n) is 6.76. The normalized spacial score (nSPS) is 31.0. The van der Waals surface area contributed by atoms with Crippen molar-refractivity contribution in [2.75, 3.05) is 6.54 Å². The molecule has 0 amide bonds.